The van der Waals surface area contributed by atoms with Crippen LogP contribution in [0.25, 0.3) is 0 Å². The van der Waals surface area contributed by atoms with Gasteiger partial charge in [0.25, 0.3) is 0 Å². The number of carbonyl (C=O) groups excluding carboxylic acids is 5. The fraction of sp³-hybridized carbons (Fsp3) is 0.537. The molecule has 5 rings (SSSR count). The van der Waals surface area contributed by atoms with Crippen LogP contribution in [0.2, 0.25) is 0 Å². The van der Waals surface area contributed by atoms with Crippen molar-refractivity contribution < 1.29 is 55.9 Å². The first-order valence-electron chi connectivity index (χ1n) is 25.0. The number of benzene rings is 3. The highest BCUT2D eigenvalue weighted by atomic mass is 32.2. The zero-order chi connectivity index (χ0) is 53.3. The number of amides is 2. The Hall–Kier alpha value is -5.86. The molecule has 18 nitrogen and oxygen atoms in total. The van der Waals surface area contributed by atoms with Crippen molar-refractivity contribution in [1.29, 1.82) is 0 Å². The van der Waals surface area contributed by atoms with Gasteiger partial charge in [-0.25, -0.2) is 0 Å². The molecule has 5 atom stereocenters. The van der Waals surface area contributed by atoms with Crippen molar-refractivity contribution in [1.82, 2.24) is 30.5 Å². The van der Waals surface area contributed by atoms with Crippen LogP contribution in [0.5, 0.6) is 11.5 Å². The highest BCUT2D eigenvalue weighted by Gasteiger charge is 2.41. The van der Waals surface area contributed by atoms with Crippen molar-refractivity contribution in [2.45, 2.75) is 116 Å². The quantitative estimate of drug-likeness (QED) is 0.0573. The molecule has 1 saturated heterocycles. The molecule has 0 spiro atoms. The summed E-state index contributed by atoms with van der Waals surface area (Å²) in [5.74, 6) is -4.24. The maximum absolute atomic E-state index is 14.6. The third-order valence-corrected chi connectivity index (χ3v) is 14.1. The molecule has 3 aromatic carbocycles. The number of aryl methyl sites for hydroxylation is 3. The average molecular weight is 1030 g/mol. The zero-order valence-electron chi connectivity index (χ0n) is 43.5. The first-order valence-corrected chi connectivity index (χ1v) is 26.4. The lowest BCUT2D eigenvalue weighted by atomic mass is 9.86. The lowest BCUT2D eigenvalue weighted by Gasteiger charge is -2.30. The topological polar surface area (TPSA) is 235 Å². The Balaban J connectivity index is 1.32. The van der Waals surface area contributed by atoms with Gasteiger partial charge in [-0.2, -0.15) is 8.42 Å². The number of ketones is 3. The Morgan fingerprint density at radius 2 is 1.45 bits per heavy atom. The maximum atomic E-state index is 14.6. The summed E-state index contributed by atoms with van der Waals surface area (Å²) < 4.78 is 51.1. The van der Waals surface area contributed by atoms with Crippen molar-refractivity contribution in [2.24, 2.45) is 30.7 Å². The molecule has 1 unspecified atom stereocenters. The van der Waals surface area contributed by atoms with Gasteiger partial charge in [-0.1, -0.05) is 93.6 Å². The van der Waals surface area contributed by atoms with E-state index in [0.29, 0.717) is 44.8 Å². The van der Waals surface area contributed by atoms with Crippen molar-refractivity contribution >= 4 is 39.3 Å². The molecule has 398 valence electrons. The number of morpholine rings is 1. The molecule has 4 aromatic rings. The molecule has 0 radical (unpaired) electrons. The summed E-state index contributed by atoms with van der Waals surface area (Å²) in [6.07, 6.45) is 2.70. The number of hydrogen-bond donors (Lipinski definition) is 3. The van der Waals surface area contributed by atoms with Crippen LogP contribution in [0.3, 0.4) is 0 Å². The summed E-state index contributed by atoms with van der Waals surface area (Å²) in [6.45, 7) is 11.7. The smallest absolute Gasteiger partial charge is 0.301 e. The molecule has 1 aliphatic heterocycles. The van der Waals surface area contributed by atoms with Gasteiger partial charge in [-0.3, -0.25) is 37.7 Å². The molecule has 3 N–H and O–H groups in total. The van der Waals surface area contributed by atoms with E-state index in [-0.39, 0.29) is 84.8 Å². The van der Waals surface area contributed by atoms with Crippen LogP contribution in [0, 0.1) is 30.6 Å². The molecule has 1 aromatic heterocycles. The Bertz CT molecular complexity index is 2560. The lowest BCUT2D eigenvalue weighted by Crippen LogP contribution is -2.54. The third kappa shape index (κ3) is 18.2. The molecular weight excluding hydrogens is 957 g/mol. The molecule has 0 bridgehead atoms. The fourth-order valence-corrected chi connectivity index (χ4v) is 10.2. The van der Waals surface area contributed by atoms with E-state index in [4.69, 9.17) is 18.4 Å². The van der Waals surface area contributed by atoms with Crippen LogP contribution in [0.1, 0.15) is 89.1 Å². The first-order chi connectivity index (χ1) is 34.6. The number of rotatable bonds is 30. The van der Waals surface area contributed by atoms with Crippen LogP contribution >= 0.6 is 0 Å². The zero-order valence-corrected chi connectivity index (χ0v) is 44.3. The number of hydrogen-bond acceptors (Lipinski definition) is 15. The predicted octanol–water partition coefficient (Wildman–Crippen LogP) is 5.16. The van der Waals surface area contributed by atoms with Crippen LogP contribution in [0.4, 0.5) is 0 Å². The van der Waals surface area contributed by atoms with Crippen LogP contribution in [-0.4, -0.2) is 127 Å². The maximum Gasteiger partial charge on any atom is 0.301 e. The standard InChI is InChI=1S/C54H74N6O12S/c1-36(2)25-46(55-52(64)41(20-19-39-15-11-9-12-16-39)29-44(61)33-60-21-23-70-24-22-60)48(62)30-42(28-40-17-13-10-14-18-40)53(65)56-47(26-37(3)4)51(63)54(6,66)35-72-73(67,68)50-38(5)27-45(31-49(50)69-8)71-34-43-32-59(7)58-57-43/h9-18,27,31-32,36-37,41-42,46-47,66H,19-26,28-30,33-35H2,1-8H3,(H,55,64)(H,56,65)/t41-,42-,46+,47+,54?/m1/s1. The SMILES string of the molecule is COc1cc(OCc2cn(C)nn2)cc(C)c1S(=O)(=O)OCC(C)(O)C(=O)[C@H](CC(C)C)NC(=O)[C@@H](CC(=O)[C@H](CC(C)C)NC(=O)[C@H](CCc1ccccc1)CC(=O)CN1CCOCC1)Cc1ccccc1. The Kier molecular flexibility index (Phi) is 21.8. The number of nitrogens with one attached hydrogen (secondary N) is 2. The van der Waals surface area contributed by atoms with E-state index >= 15 is 0 Å². The van der Waals surface area contributed by atoms with E-state index in [1.54, 1.807) is 25.4 Å². The number of nitrogens with zero attached hydrogens (tertiary/aromatic N) is 4. The van der Waals surface area contributed by atoms with Crippen molar-refractivity contribution in [2.75, 3.05) is 46.6 Å². The van der Waals surface area contributed by atoms with Crippen LogP contribution in [0.15, 0.2) is 83.9 Å². The van der Waals surface area contributed by atoms with Crippen LogP contribution < -0.4 is 20.1 Å². The van der Waals surface area contributed by atoms with E-state index in [2.05, 4.69) is 20.9 Å². The summed E-state index contributed by atoms with van der Waals surface area (Å²) in [6, 6.07) is 19.3. The largest absolute Gasteiger partial charge is 0.495 e. The molecular formula is C54H74N6O12S. The van der Waals surface area contributed by atoms with E-state index in [0.717, 1.165) is 18.1 Å². The highest BCUT2D eigenvalue weighted by Crippen LogP contribution is 2.34. The second kappa shape index (κ2) is 27.4. The number of aliphatic hydroxyl groups is 1. The average Bonchev–Trinajstić information content (AvgIpc) is 3.77. The van der Waals surface area contributed by atoms with Crippen LogP contribution in [-0.2, 0) is 69.5 Å². The Morgan fingerprint density at radius 3 is 2.05 bits per heavy atom. The second-order valence-electron chi connectivity index (χ2n) is 20.1. The van der Waals surface area contributed by atoms with Crippen molar-refractivity contribution in [3.8, 4) is 11.5 Å². The molecule has 2 amide bonds. The highest BCUT2D eigenvalue weighted by molar-refractivity contribution is 7.87. The molecule has 0 saturated carbocycles. The summed E-state index contributed by atoms with van der Waals surface area (Å²) in [4.78, 5) is 72.9. The summed E-state index contributed by atoms with van der Waals surface area (Å²) in [5.41, 5.74) is 0.0701. The number of Topliss-reactive ketones (excluding diaryl/α,β-unsaturated/α-hetero) is 3. The minimum atomic E-state index is -4.67. The summed E-state index contributed by atoms with van der Waals surface area (Å²) in [7, 11) is -1.68. The van der Waals surface area contributed by atoms with Gasteiger partial charge in [0, 0.05) is 50.9 Å². The summed E-state index contributed by atoms with van der Waals surface area (Å²) in [5, 5.41) is 25.3. The van der Waals surface area contributed by atoms with E-state index in [9.17, 15) is 37.5 Å². The number of ether oxygens (including phenoxy) is 3. The number of methoxy groups -OCH3 is 1. The number of aromatic nitrogens is 3. The molecule has 73 heavy (non-hydrogen) atoms. The van der Waals surface area contributed by atoms with Gasteiger partial charge in [0.15, 0.2) is 11.6 Å². The molecule has 19 heteroatoms. The van der Waals surface area contributed by atoms with Gasteiger partial charge in [0.2, 0.25) is 11.8 Å². The third-order valence-electron chi connectivity index (χ3n) is 12.6. The van der Waals surface area contributed by atoms with Gasteiger partial charge < -0.3 is 30.0 Å². The van der Waals surface area contributed by atoms with E-state index < -0.39 is 69.6 Å². The summed E-state index contributed by atoms with van der Waals surface area (Å²) >= 11 is 0. The van der Waals surface area contributed by atoms with Gasteiger partial charge in [0.1, 0.15) is 46.7 Å². The minimum Gasteiger partial charge on any atom is -0.495 e. The van der Waals surface area contributed by atoms with Crippen molar-refractivity contribution in [3.63, 3.8) is 0 Å². The molecule has 2 heterocycles. The second-order valence-corrected chi connectivity index (χ2v) is 21.6. The Labute approximate surface area is 430 Å². The minimum absolute atomic E-state index is 0.00770. The van der Waals surface area contributed by atoms with E-state index in [1.807, 2.05) is 81.1 Å². The monoisotopic (exact) mass is 1030 g/mol. The first kappa shape index (κ1) is 58.0. The predicted molar refractivity (Wildman–Crippen MR) is 273 cm³/mol. The lowest BCUT2D eigenvalue weighted by molar-refractivity contribution is -0.143. The van der Waals surface area contributed by atoms with Crippen molar-refractivity contribution in [3.05, 3.63) is 101 Å². The van der Waals surface area contributed by atoms with E-state index in [1.165, 1.54) is 30.8 Å². The van der Waals surface area contributed by atoms with Gasteiger partial charge in [-0.05, 0) is 80.5 Å². The van der Waals surface area contributed by atoms with Gasteiger partial charge in [0.05, 0.1) is 45.1 Å². The fourth-order valence-electron chi connectivity index (χ4n) is 8.81. The molecule has 1 fully saturated rings. The molecule has 1 aliphatic rings. The van der Waals surface area contributed by atoms with Gasteiger partial charge >= 0.3 is 10.1 Å². The normalized spacial score (nSPS) is 15.7. The number of carbonyl (C=O) groups is 5. The Morgan fingerprint density at radius 1 is 0.849 bits per heavy atom. The van der Waals surface area contributed by atoms with Gasteiger partial charge in [-0.15, -0.1) is 5.10 Å². The molecule has 0 aliphatic carbocycles.